The van der Waals surface area contributed by atoms with E-state index in [1.165, 1.54) is 218 Å². The second-order valence-corrected chi connectivity index (χ2v) is 21.2. The molecular weight excluding hydrogens is 805 g/mol. The Balaban J connectivity index is 4.23. The highest BCUT2D eigenvalue weighted by Crippen LogP contribution is 2.18. The predicted molar refractivity (Wildman–Crippen MR) is 280 cm³/mol. The first-order valence-electron chi connectivity index (χ1n) is 29.2. The van der Waals surface area contributed by atoms with E-state index in [2.05, 4.69) is 34.6 Å². The smallest absolute Gasteiger partial charge is 0.306 e. The van der Waals surface area contributed by atoms with Gasteiger partial charge in [-0.3, -0.25) is 14.4 Å². The summed E-state index contributed by atoms with van der Waals surface area (Å²) in [6.07, 6.45) is 55.4. The van der Waals surface area contributed by atoms with Crippen LogP contribution in [-0.4, -0.2) is 37.2 Å². The van der Waals surface area contributed by atoms with Gasteiger partial charge in [0, 0.05) is 19.3 Å². The van der Waals surface area contributed by atoms with Crippen molar-refractivity contribution in [2.75, 3.05) is 13.2 Å². The second kappa shape index (κ2) is 51.8. The maximum Gasteiger partial charge on any atom is 0.306 e. The summed E-state index contributed by atoms with van der Waals surface area (Å²) in [4.78, 5) is 38.1. The number of rotatable bonds is 53. The Labute approximate surface area is 406 Å². The summed E-state index contributed by atoms with van der Waals surface area (Å²) in [7, 11) is 0. The number of esters is 3. The Morgan fingerprint density at radius 3 is 0.754 bits per heavy atom. The maximum absolute atomic E-state index is 12.8. The second-order valence-electron chi connectivity index (χ2n) is 21.2. The van der Waals surface area contributed by atoms with Crippen molar-refractivity contribution in [3.63, 3.8) is 0 Å². The van der Waals surface area contributed by atoms with Crippen LogP contribution >= 0.6 is 0 Å². The summed E-state index contributed by atoms with van der Waals surface area (Å²) >= 11 is 0. The quantitative estimate of drug-likeness (QED) is 0.0344. The highest BCUT2D eigenvalue weighted by atomic mass is 16.6. The lowest BCUT2D eigenvalue weighted by Crippen LogP contribution is -2.30. The Kier molecular flexibility index (Phi) is 50.5. The van der Waals surface area contributed by atoms with Gasteiger partial charge in [-0.05, 0) is 31.1 Å². The SMILES string of the molecule is CCCCCCCCCCCCCCCCCCCCCC(=O)O[C@@H](COC(=O)CCCCCCCCCCCCCCCCCC(C)C)COC(=O)CCCCCCCCCC(C)C. The lowest BCUT2D eigenvalue weighted by molar-refractivity contribution is -0.167. The minimum atomic E-state index is -0.763. The molecule has 0 aliphatic heterocycles. The number of carbonyl (C=O) groups excluding carboxylic acids is 3. The number of hydrogen-bond donors (Lipinski definition) is 0. The van der Waals surface area contributed by atoms with Crippen molar-refractivity contribution in [1.82, 2.24) is 0 Å². The maximum atomic E-state index is 12.8. The van der Waals surface area contributed by atoms with Gasteiger partial charge < -0.3 is 14.2 Å². The third-order valence-corrected chi connectivity index (χ3v) is 13.5. The fourth-order valence-electron chi connectivity index (χ4n) is 9.05. The molecule has 65 heavy (non-hydrogen) atoms. The summed E-state index contributed by atoms with van der Waals surface area (Å²) in [6, 6.07) is 0. The number of ether oxygens (including phenoxy) is 3. The lowest BCUT2D eigenvalue weighted by Gasteiger charge is -2.18. The molecule has 0 unspecified atom stereocenters. The molecule has 0 saturated carbocycles. The molecule has 1 atom stereocenters. The average Bonchev–Trinajstić information content (AvgIpc) is 3.28. The lowest BCUT2D eigenvalue weighted by atomic mass is 10.0. The summed E-state index contributed by atoms with van der Waals surface area (Å²) < 4.78 is 16.9. The van der Waals surface area contributed by atoms with Crippen LogP contribution in [-0.2, 0) is 28.6 Å². The van der Waals surface area contributed by atoms with Crippen molar-refractivity contribution in [2.45, 2.75) is 336 Å². The van der Waals surface area contributed by atoms with Crippen LogP contribution < -0.4 is 0 Å². The molecule has 0 amide bonds. The standard InChI is InChI=1S/C59H114O6/c1-6-7-8-9-10-11-12-13-14-15-16-17-20-24-27-30-35-41-46-51-59(62)65-56(53-64-58(61)50-45-40-36-31-33-38-43-48-55(4)5)52-63-57(60)49-44-39-34-29-26-23-21-18-19-22-25-28-32-37-42-47-54(2)3/h54-56H,6-53H2,1-5H3/t56-/m0/s1. The van der Waals surface area contributed by atoms with E-state index in [4.69, 9.17) is 14.2 Å². The molecule has 0 fully saturated rings. The molecule has 0 aromatic heterocycles. The van der Waals surface area contributed by atoms with Crippen molar-refractivity contribution in [2.24, 2.45) is 11.8 Å². The van der Waals surface area contributed by atoms with Crippen molar-refractivity contribution >= 4 is 17.9 Å². The zero-order chi connectivity index (χ0) is 47.5. The van der Waals surface area contributed by atoms with E-state index in [9.17, 15) is 14.4 Å². The van der Waals surface area contributed by atoms with Crippen LogP contribution in [0.4, 0.5) is 0 Å². The fourth-order valence-corrected chi connectivity index (χ4v) is 9.05. The minimum Gasteiger partial charge on any atom is -0.462 e. The van der Waals surface area contributed by atoms with Crippen LogP contribution in [0.3, 0.4) is 0 Å². The van der Waals surface area contributed by atoms with Gasteiger partial charge in [0.1, 0.15) is 13.2 Å². The van der Waals surface area contributed by atoms with Gasteiger partial charge >= 0.3 is 17.9 Å². The molecule has 0 aromatic rings. The average molecular weight is 920 g/mol. The van der Waals surface area contributed by atoms with E-state index in [0.29, 0.717) is 19.3 Å². The molecule has 0 N–H and O–H groups in total. The third kappa shape index (κ3) is 53.2. The molecule has 0 bridgehead atoms. The summed E-state index contributed by atoms with van der Waals surface area (Å²) in [5.74, 6) is 0.788. The summed E-state index contributed by atoms with van der Waals surface area (Å²) in [6.45, 7) is 11.4. The molecule has 0 aromatic carbocycles. The zero-order valence-corrected chi connectivity index (χ0v) is 44.6. The molecule has 0 saturated heterocycles. The van der Waals surface area contributed by atoms with Gasteiger partial charge in [0.25, 0.3) is 0 Å². The van der Waals surface area contributed by atoms with E-state index >= 15 is 0 Å². The van der Waals surface area contributed by atoms with E-state index in [1.807, 2.05) is 0 Å². The molecular formula is C59H114O6. The van der Waals surface area contributed by atoms with E-state index in [-0.39, 0.29) is 31.1 Å². The van der Waals surface area contributed by atoms with Gasteiger partial charge in [-0.25, -0.2) is 0 Å². The molecule has 0 rings (SSSR count). The first-order chi connectivity index (χ1) is 31.7. The van der Waals surface area contributed by atoms with Gasteiger partial charge in [-0.15, -0.1) is 0 Å². The first kappa shape index (κ1) is 63.4. The molecule has 0 aliphatic carbocycles. The monoisotopic (exact) mass is 919 g/mol. The van der Waals surface area contributed by atoms with Crippen LogP contribution in [0.1, 0.15) is 330 Å². The van der Waals surface area contributed by atoms with Crippen LogP contribution in [0.15, 0.2) is 0 Å². The molecule has 6 heteroatoms. The van der Waals surface area contributed by atoms with Gasteiger partial charge in [0.2, 0.25) is 0 Å². The molecule has 0 heterocycles. The third-order valence-electron chi connectivity index (χ3n) is 13.5. The summed E-state index contributed by atoms with van der Waals surface area (Å²) in [5.41, 5.74) is 0. The molecule has 6 nitrogen and oxygen atoms in total. The highest BCUT2D eigenvalue weighted by Gasteiger charge is 2.19. The highest BCUT2D eigenvalue weighted by molar-refractivity contribution is 5.71. The predicted octanol–water partition coefficient (Wildman–Crippen LogP) is 19.3. The Bertz CT molecular complexity index is 993. The van der Waals surface area contributed by atoms with E-state index in [0.717, 1.165) is 69.6 Å². The zero-order valence-electron chi connectivity index (χ0n) is 44.6. The van der Waals surface area contributed by atoms with Gasteiger partial charge in [0.15, 0.2) is 6.10 Å². The Morgan fingerprint density at radius 1 is 0.292 bits per heavy atom. The number of hydrogen-bond acceptors (Lipinski definition) is 6. The van der Waals surface area contributed by atoms with Crippen LogP contribution in [0, 0.1) is 11.8 Å². The molecule has 386 valence electrons. The van der Waals surface area contributed by atoms with Gasteiger partial charge in [-0.2, -0.15) is 0 Å². The first-order valence-corrected chi connectivity index (χ1v) is 29.2. The van der Waals surface area contributed by atoms with Crippen LogP contribution in [0.2, 0.25) is 0 Å². The molecule has 0 spiro atoms. The largest absolute Gasteiger partial charge is 0.462 e. The number of unbranched alkanes of at least 4 members (excludes halogenated alkanes) is 38. The molecule has 0 radical (unpaired) electrons. The van der Waals surface area contributed by atoms with Gasteiger partial charge in [0.05, 0.1) is 0 Å². The summed E-state index contributed by atoms with van der Waals surface area (Å²) in [5, 5.41) is 0. The normalized spacial score (nSPS) is 12.0. The van der Waals surface area contributed by atoms with Crippen molar-refractivity contribution in [1.29, 1.82) is 0 Å². The van der Waals surface area contributed by atoms with E-state index in [1.54, 1.807) is 0 Å². The van der Waals surface area contributed by atoms with Gasteiger partial charge in [-0.1, -0.05) is 291 Å². The van der Waals surface area contributed by atoms with Crippen LogP contribution in [0.25, 0.3) is 0 Å². The fraction of sp³-hybridized carbons (Fsp3) is 0.949. The number of carbonyl (C=O) groups is 3. The van der Waals surface area contributed by atoms with Crippen molar-refractivity contribution in [3.05, 3.63) is 0 Å². The topological polar surface area (TPSA) is 78.9 Å². The van der Waals surface area contributed by atoms with Crippen molar-refractivity contribution < 1.29 is 28.6 Å². The Hall–Kier alpha value is -1.59. The van der Waals surface area contributed by atoms with Crippen molar-refractivity contribution in [3.8, 4) is 0 Å². The molecule has 0 aliphatic rings. The van der Waals surface area contributed by atoms with Crippen LogP contribution in [0.5, 0.6) is 0 Å². The Morgan fingerprint density at radius 2 is 0.508 bits per heavy atom. The van der Waals surface area contributed by atoms with E-state index < -0.39 is 6.10 Å². The minimum absolute atomic E-state index is 0.0633.